The van der Waals surface area contributed by atoms with E-state index in [2.05, 4.69) is 21.3 Å². The molecule has 0 aromatic heterocycles. The lowest BCUT2D eigenvalue weighted by Crippen LogP contribution is -2.47. The largest absolute Gasteiger partial charge is 0.444 e. The Morgan fingerprint density at radius 3 is 1.11 bits per heavy atom. The molecule has 30 nitrogen and oxygen atoms in total. The maximum absolute atomic E-state index is 12.8. The molecular weight excluding hydrogens is 985 g/mol. The number of carbonyl (C=O) groups excluding carboxylic acids is 14. The number of hydrogen-bond donors (Lipinski definition) is 8. The minimum Gasteiger partial charge on any atom is -0.444 e. The van der Waals surface area contributed by atoms with Crippen LogP contribution in [0.2, 0.25) is 0 Å². The van der Waals surface area contributed by atoms with E-state index in [0.29, 0.717) is 43.4 Å². The number of primary amides is 2. The van der Waals surface area contributed by atoms with Crippen molar-refractivity contribution in [2.45, 2.75) is 142 Å². The van der Waals surface area contributed by atoms with Crippen LogP contribution in [-0.2, 0) is 76.7 Å². The Morgan fingerprint density at radius 2 is 0.811 bits per heavy atom. The first-order chi connectivity index (χ1) is 34.4. The first kappa shape index (κ1) is 64.5. The van der Waals surface area contributed by atoms with Crippen LogP contribution < -0.4 is 44.2 Å². The van der Waals surface area contributed by atoms with Crippen molar-refractivity contribution in [3.63, 3.8) is 0 Å². The highest BCUT2D eigenvalue weighted by Crippen LogP contribution is 2.15. The van der Waals surface area contributed by atoms with Gasteiger partial charge in [0.25, 0.3) is 23.6 Å². The summed E-state index contributed by atoms with van der Waals surface area (Å²) in [5, 5.41) is 10.7. The van der Waals surface area contributed by atoms with Gasteiger partial charge in [0.1, 0.15) is 37.4 Å². The lowest BCUT2D eigenvalue weighted by atomic mass is 10.1. The Morgan fingerprint density at radius 1 is 0.500 bits per heavy atom. The zero-order chi connectivity index (χ0) is 56.3. The molecule has 2 aliphatic rings. The molecule has 2 unspecified atom stereocenters. The molecular formula is C44H72N12O18. The molecule has 0 radical (unpaired) electrons. The minimum atomic E-state index is -1.21. The number of unbranched alkanes of at least 4 members (excludes halogenated alkanes) is 2. The molecule has 2 atom stereocenters. The number of alkyl carbamates (subject to hydrolysis) is 2. The zero-order valence-corrected chi connectivity index (χ0v) is 42.7. The fourth-order valence-electron chi connectivity index (χ4n) is 6.02. The van der Waals surface area contributed by atoms with E-state index in [4.69, 9.17) is 42.1 Å². The van der Waals surface area contributed by atoms with E-state index in [1.165, 1.54) is 0 Å². The van der Waals surface area contributed by atoms with Crippen LogP contribution in [0.1, 0.15) is 119 Å². The second-order valence-corrected chi connectivity index (χ2v) is 18.7. The van der Waals surface area contributed by atoms with Crippen LogP contribution in [0.25, 0.3) is 0 Å². The van der Waals surface area contributed by atoms with Crippen LogP contribution in [0.5, 0.6) is 0 Å². The van der Waals surface area contributed by atoms with Gasteiger partial charge in [0.15, 0.2) is 0 Å². The molecule has 2 rings (SSSR count). The number of nitrogens with one attached hydrogen (secondary N) is 4. The molecule has 0 spiro atoms. The molecule has 0 aromatic rings. The van der Waals surface area contributed by atoms with E-state index >= 15 is 0 Å². The highest BCUT2D eigenvalue weighted by Gasteiger charge is 2.36. The lowest BCUT2D eigenvalue weighted by Gasteiger charge is -2.23. The number of hydroxylamine groups is 4. The van der Waals surface area contributed by atoms with Crippen molar-refractivity contribution in [2.75, 3.05) is 52.4 Å². The summed E-state index contributed by atoms with van der Waals surface area (Å²) < 4.78 is 10.2. The summed E-state index contributed by atoms with van der Waals surface area (Å²) in [6, 6.07) is -1.50. The molecule has 416 valence electrons. The van der Waals surface area contributed by atoms with Crippen LogP contribution in [-0.4, -0.2) is 179 Å². The summed E-state index contributed by atoms with van der Waals surface area (Å²) >= 11 is 0. The Kier molecular flexibility index (Phi) is 27.8. The quantitative estimate of drug-likeness (QED) is 0.0284. The molecule has 30 heteroatoms. The second kappa shape index (κ2) is 31.8. The van der Waals surface area contributed by atoms with Gasteiger partial charge in [0, 0.05) is 64.7 Å². The Balaban J connectivity index is 0.000000743. The van der Waals surface area contributed by atoms with Crippen LogP contribution in [0, 0.1) is 0 Å². The lowest BCUT2D eigenvalue weighted by molar-refractivity contribution is -0.201. The normalized spacial score (nSPS) is 14.1. The molecule has 0 bridgehead atoms. The van der Waals surface area contributed by atoms with Crippen molar-refractivity contribution in [3.8, 4) is 0 Å². The third kappa shape index (κ3) is 27.9. The predicted molar refractivity (Wildman–Crippen MR) is 253 cm³/mol. The molecule has 0 aliphatic carbocycles. The highest BCUT2D eigenvalue weighted by atomic mass is 16.7. The fourth-order valence-corrected chi connectivity index (χ4v) is 6.02. The molecule has 2 aliphatic heterocycles. The topological polar surface area (TPSA) is 441 Å². The third-order valence-electron chi connectivity index (χ3n) is 9.69. The van der Waals surface area contributed by atoms with E-state index in [0.717, 1.165) is 4.90 Å². The van der Waals surface area contributed by atoms with Crippen molar-refractivity contribution >= 4 is 83.2 Å². The maximum Gasteiger partial charge on any atom is 0.407 e. The standard InChI is InChI=1S/C24H46N8O7.C20H26N4O11/c1-24(2,3)39-23(38)31-13-10-20(35)32(14-18(33)29-11-6-4-8-16(25)21(27)36)15-19(34)30-12-7-5-9-17(26)22(28)37;1-20(2,3)33-19(32)21-9-8-12(25)22(10-17(30)34-23-13(26)4-5-14(23)27)11-18(31)35-24-15(28)6-7-16(24)29/h16-17H,4-15,25-26H2,1-3H3,(H2,27,36)(H2,28,37)(H,29,33)(H,30,34)(H,31,38);4-11H2,1-3H3,(H,21,32). The summed E-state index contributed by atoms with van der Waals surface area (Å²) in [6.45, 7) is 7.84. The van der Waals surface area contributed by atoms with Gasteiger partial charge in [-0.25, -0.2) is 19.2 Å². The van der Waals surface area contributed by atoms with Gasteiger partial charge in [0.05, 0.1) is 12.1 Å². The zero-order valence-electron chi connectivity index (χ0n) is 42.7. The molecule has 2 heterocycles. The van der Waals surface area contributed by atoms with Crippen LogP contribution in [0.4, 0.5) is 9.59 Å². The summed E-state index contributed by atoms with van der Waals surface area (Å²) in [5.41, 5.74) is 19.9. The number of ether oxygens (including phenoxy) is 2. The number of imide groups is 2. The van der Waals surface area contributed by atoms with Gasteiger partial charge >= 0.3 is 24.1 Å². The molecule has 0 aromatic carbocycles. The monoisotopic (exact) mass is 1060 g/mol. The van der Waals surface area contributed by atoms with Crippen molar-refractivity contribution in [1.29, 1.82) is 0 Å². The average molecular weight is 1060 g/mol. The molecule has 12 N–H and O–H groups in total. The van der Waals surface area contributed by atoms with E-state index in [9.17, 15) is 67.1 Å². The van der Waals surface area contributed by atoms with Gasteiger partial charge in [-0.1, -0.05) is 0 Å². The molecule has 12 amide bonds. The highest BCUT2D eigenvalue weighted by molar-refractivity contribution is 6.02. The molecule has 74 heavy (non-hydrogen) atoms. The number of carbonyl (C=O) groups is 14. The molecule has 2 saturated heterocycles. The van der Waals surface area contributed by atoms with Gasteiger partial charge in [-0.3, -0.25) is 47.9 Å². The summed E-state index contributed by atoms with van der Waals surface area (Å²) in [6.07, 6.45) is 0.378. The van der Waals surface area contributed by atoms with Crippen molar-refractivity contribution in [2.24, 2.45) is 22.9 Å². The van der Waals surface area contributed by atoms with Crippen LogP contribution >= 0.6 is 0 Å². The Hall–Kier alpha value is -7.50. The minimum absolute atomic E-state index is 0.0479. The van der Waals surface area contributed by atoms with Gasteiger partial charge in [-0.2, -0.15) is 0 Å². The van der Waals surface area contributed by atoms with Gasteiger partial charge in [-0.05, 0) is 80.1 Å². The summed E-state index contributed by atoms with van der Waals surface area (Å²) in [7, 11) is 0. The van der Waals surface area contributed by atoms with Gasteiger partial charge in [-0.15, -0.1) is 10.1 Å². The Bertz CT molecular complexity index is 1930. The third-order valence-corrected chi connectivity index (χ3v) is 9.69. The SMILES string of the molecule is CC(C)(C)OC(=O)NCCC(=O)N(CC(=O)NCCCCC(N)C(N)=O)CC(=O)NCCCCC(N)C(N)=O.CC(C)(C)OC(=O)NCCC(=O)N(CC(=O)ON1C(=O)CCC1=O)CC(=O)ON1C(=O)CCC1=O. The smallest absolute Gasteiger partial charge is 0.407 e. The van der Waals surface area contributed by atoms with Crippen molar-refractivity contribution in [1.82, 2.24) is 41.2 Å². The number of hydrogen-bond acceptors (Lipinski definition) is 20. The number of nitrogens with two attached hydrogens (primary N) is 4. The molecule has 0 saturated carbocycles. The molecule has 2 fully saturated rings. The van der Waals surface area contributed by atoms with Gasteiger partial charge < -0.3 is 73.2 Å². The summed E-state index contributed by atoms with van der Waals surface area (Å²) in [4.78, 5) is 178. The van der Waals surface area contributed by atoms with Crippen molar-refractivity contribution in [3.05, 3.63) is 0 Å². The van der Waals surface area contributed by atoms with Gasteiger partial charge in [0.2, 0.25) is 35.4 Å². The predicted octanol–water partition coefficient (Wildman–Crippen LogP) is -3.13. The first-order valence-corrected chi connectivity index (χ1v) is 23.6. The fraction of sp³-hybridized carbons (Fsp3) is 0.682. The van der Waals surface area contributed by atoms with Crippen LogP contribution in [0.3, 0.4) is 0 Å². The number of rotatable bonds is 28. The van der Waals surface area contributed by atoms with E-state index in [-0.39, 0.29) is 87.9 Å². The summed E-state index contributed by atoms with van der Waals surface area (Å²) in [5.74, 6) is -8.87. The van der Waals surface area contributed by atoms with Crippen LogP contribution in [0.15, 0.2) is 0 Å². The van der Waals surface area contributed by atoms with E-state index < -0.39 is 120 Å². The number of nitrogens with zero attached hydrogens (tertiary/aromatic N) is 4. The Labute approximate surface area is 427 Å². The maximum atomic E-state index is 12.8. The second-order valence-electron chi connectivity index (χ2n) is 18.7. The first-order valence-electron chi connectivity index (χ1n) is 23.6. The van der Waals surface area contributed by atoms with E-state index in [1.54, 1.807) is 41.5 Å². The average Bonchev–Trinajstić information content (AvgIpc) is 3.77. The van der Waals surface area contributed by atoms with E-state index in [1.807, 2.05) is 0 Å². The number of amides is 12. The van der Waals surface area contributed by atoms with Crippen molar-refractivity contribution < 1.29 is 86.3 Å².